The van der Waals surface area contributed by atoms with Crippen LogP contribution < -0.4 is 5.32 Å². The molecule has 1 atom stereocenters. The van der Waals surface area contributed by atoms with Crippen LogP contribution in [0.2, 0.25) is 9.36 Å². The Bertz CT molecular complexity index is 779. The Morgan fingerprint density at radius 1 is 1.42 bits per heavy atom. The fourth-order valence-corrected chi connectivity index (χ4v) is 4.99. The van der Waals surface area contributed by atoms with Gasteiger partial charge >= 0.3 is 5.97 Å². The number of thiophene rings is 1. The van der Waals surface area contributed by atoms with Crippen LogP contribution in [0.25, 0.3) is 0 Å². The van der Waals surface area contributed by atoms with Gasteiger partial charge < -0.3 is 10.1 Å². The number of ketones is 1. The summed E-state index contributed by atoms with van der Waals surface area (Å²) in [6.07, 6.45) is 2.06. The minimum absolute atomic E-state index is 0.0450. The lowest BCUT2D eigenvalue weighted by Crippen LogP contribution is -2.34. The Hall–Kier alpha value is -1.30. The largest absolute Gasteiger partial charge is 0.463 e. The lowest BCUT2D eigenvalue weighted by atomic mass is 9.78. The summed E-state index contributed by atoms with van der Waals surface area (Å²) in [5.74, 6) is -0.903. The van der Waals surface area contributed by atoms with Gasteiger partial charge in [0.25, 0.3) is 0 Å². The van der Waals surface area contributed by atoms with E-state index < -0.39 is 11.9 Å². The number of dihydropyridines is 1. The lowest BCUT2D eigenvalue weighted by Gasteiger charge is -2.33. The number of Topliss-reactive ketones (excluding diaryl/α,β-unsaturated/α-hetero) is 1. The Morgan fingerprint density at radius 3 is 2.79 bits per heavy atom. The number of carbonyl (C=O) groups excluding carboxylic acids is 2. The molecule has 0 fully saturated rings. The Kier molecular flexibility index (Phi) is 5.04. The van der Waals surface area contributed by atoms with E-state index in [1.807, 2.05) is 6.92 Å². The van der Waals surface area contributed by atoms with E-state index in [4.69, 9.17) is 27.9 Å². The molecule has 0 aromatic carbocycles. The number of allylic oxidation sites excluding steroid dienone is 3. The van der Waals surface area contributed by atoms with Gasteiger partial charge in [-0.1, -0.05) is 23.2 Å². The number of ether oxygens (including phenoxy) is 1. The summed E-state index contributed by atoms with van der Waals surface area (Å²) in [4.78, 5) is 25.9. The highest BCUT2D eigenvalue weighted by Crippen LogP contribution is 2.48. The molecular weight excluding hydrogens is 369 g/mol. The average molecular weight is 386 g/mol. The van der Waals surface area contributed by atoms with E-state index in [0.717, 1.165) is 18.5 Å². The molecule has 1 N–H and O–H groups in total. The SMILES string of the molecule is CCOC(=O)C1=C(C)NC2=C(C(=O)CCC2)[C@H]1c1sc(Cl)cc1Cl. The number of carbonyl (C=O) groups is 2. The fourth-order valence-electron chi connectivity index (χ4n) is 3.28. The van der Waals surface area contributed by atoms with Gasteiger partial charge in [0, 0.05) is 28.3 Å². The van der Waals surface area contributed by atoms with E-state index in [2.05, 4.69) is 5.32 Å². The van der Waals surface area contributed by atoms with Crippen molar-refractivity contribution in [2.24, 2.45) is 0 Å². The summed E-state index contributed by atoms with van der Waals surface area (Å²) < 4.78 is 5.75. The van der Waals surface area contributed by atoms with Crippen LogP contribution in [-0.4, -0.2) is 18.4 Å². The molecule has 1 aromatic rings. The van der Waals surface area contributed by atoms with Gasteiger partial charge in [-0.15, -0.1) is 11.3 Å². The molecule has 0 unspecified atom stereocenters. The summed E-state index contributed by atoms with van der Waals surface area (Å²) in [7, 11) is 0. The number of nitrogens with one attached hydrogen (secondary N) is 1. The van der Waals surface area contributed by atoms with Crippen molar-refractivity contribution in [3.8, 4) is 0 Å². The molecule has 0 radical (unpaired) electrons. The van der Waals surface area contributed by atoms with E-state index in [-0.39, 0.29) is 12.4 Å². The van der Waals surface area contributed by atoms with Crippen molar-refractivity contribution in [3.63, 3.8) is 0 Å². The fraction of sp³-hybridized carbons (Fsp3) is 0.412. The monoisotopic (exact) mass is 385 g/mol. The predicted molar refractivity (Wildman–Crippen MR) is 95.4 cm³/mol. The molecule has 4 nitrogen and oxygen atoms in total. The summed E-state index contributed by atoms with van der Waals surface area (Å²) in [6, 6.07) is 1.65. The second-order valence-corrected chi connectivity index (χ2v) is 7.87. The summed E-state index contributed by atoms with van der Waals surface area (Å²) >= 11 is 13.8. The van der Waals surface area contributed by atoms with Crippen LogP contribution >= 0.6 is 34.5 Å². The molecule has 0 bridgehead atoms. The minimum atomic E-state index is -0.516. The highest BCUT2D eigenvalue weighted by molar-refractivity contribution is 7.17. The maximum Gasteiger partial charge on any atom is 0.336 e. The molecule has 0 saturated carbocycles. The molecule has 0 saturated heterocycles. The van der Waals surface area contributed by atoms with Gasteiger partial charge in [0.05, 0.1) is 27.5 Å². The minimum Gasteiger partial charge on any atom is -0.463 e. The smallest absolute Gasteiger partial charge is 0.336 e. The van der Waals surface area contributed by atoms with Crippen LogP contribution in [0.5, 0.6) is 0 Å². The maximum absolute atomic E-state index is 12.6. The number of esters is 1. The first-order valence-electron chi connectivity index (χ1n) is 7.79. The first-order chi connectivity index (χ1) is 11.4. The third kappa shape index (κ3) is 3.01. The molecule has 2 aliphatic rings. The zero-order valence-corrected chi connectivity index (χ0v) is 15.7. The molecule has 0 spiro atoms. The number of hydrogen-bond acceptors (Lipinski definition) is 5. The molecule has 1 aromatic heterocycles. The van der Waals surface area contributed by atoms with Crippen molar-refractivity contribution in [1.29, 1.82) is 0 Å². The van der Waals surface area contributed by atoms with E-state index >= 15 is 0 Å². The zero-order valence-electron chi connectivity index (χ0n) is 13.4. The van der Waals surface area contributed by atoms with Crippen LogP contribution in [0, 0.1) is 0 Å². The van der Waals surface area contributed by atoms with E-state index in [9.17, 15) is 9.59 Å². The molecule has 2 heterocycles. The number of rotatable bonds is 3. The van der Waals surface area contributed by atoms with Crippen molar-refractivity contribution < 1.29 is 14.3 Å². The van der Waals surface area contributed by atoms with Crippen molar-refractivity contribution in [2.45, 2.75) is 39.0 Å². The molecular formula is C17H17Cl2NO3S. The molecule has 0 amide bonds. The first kappa shape index (κ1) is 17.5. The van der Waals surface area contributed by atoms with Crippen molar-refractivity contribution >= 4 is 46.3 Å². The Labute approximate surface area is 154 Å². The third-order valence-corrected chi connectivity index (χ3v) is 5.97. The van der Waals surface area contributed by atoms with E-state index in [0.29, 0.717) is 37.5 Å². The number of hydrogen-bond donors (Lipinski definition) is 1. The summed E-state index contributed by atoms with van der Waals surface area (Å²) in [5, 5.41) is 3.70. The molecule has 3 rings (SSSR count). The highest BCUT2D eigenvalue weighted by atomic mass is 35.5. The van der Waals surface area contributed by atoms with Gasteiger partial charge in [0.1, 0.15) is 0 Å². The highest BCUT2D eigenvalue weighted by Gasteiger charge is 2.40. The van der Waals surface area contributed by atoms with Gasteiger partial charge in [-0.3, -0.25) is 4.79 Å². The maximum atomic E-state index is 12.6. The second-order valence-electron chi connectivity index (χ2n) is 5.75. The van der Waals surface area contributed by atoms with Gasteiger partial charge in [0.2, 0.25) is 0 Å². The van der Waals surface area contributed by atoms with Gasteiger partial charge in [-0.2, -0.15) is 0 Å². The van der Waals surface area contributed by atoms with Crippen molar-refractivity contribution in [1.82, 2.24) is 5.32 Å². The molecule has 7 heteroatoms. The quantitative estimate of drug-likeness (QED) is 0.773. The first-order valence-corrected chi connectivity index (χ1v) is 9.37. The van der Waals surface area contributed by atoms with Gasteiger partial charge in [0.15, 0.2) is 5.78 Å². The standard InChI is InChI=1S/C17H17Cl2NO3S/c1-3-23-17(22)13-8(2)20-10-5-4-6-11(21)14(10)15(13)16-9(18)7-12(19)24-16/h7,15,20H,3-6H2,1-2H3/t15-/m0/s1. The Morgan fingerprint density at radius 2 is 2.17 bits per heavy atom. The lowest BCUT2D eigenvalue weighted by molar-refractivity contribution is -0.138. The molecule has 24 heavy (non-hydrogen) atoms. The number of halogens is 2. The van der Waals surface area contributed by atoms with E-state index in [1.54, 1.807) is 13.0 Å². The zero-order chi connectivity index (χ0) is 17.4. The molecule has 128 valence electrons. The van der Waals surface area contributed by atoms with Crippen molar-refractivity contribution in [3.05, 3.63) is 42.8 Å². The normalized spacial score (nSPS) is 20.8. The topological polar surface area (TPSA) is 55.4 Å². The summed E-state index contributed by atoms with van der Waals surface area (Å²) in [6.45, 7) is 3.84. The van der Waals surface area contributed by atoms with Crippen LogP contribution in [0.1, 0.15) is 43.9 Å². The molecule has 1 aliphatic carbocycles. The van der Waals surface area contributed by atoms with Gasteiger partial charge in [-0.05, 0) is 32.8 Å². The predicted octanol–water partition coefficient (Wildman–Crippen LogP) is 4.59. The summed E-state index contributed by atoms with van der Waals surface area (Å²) in [5.41, 5.74) is 2.64. The van der Waals surface area contributed by atoms with Crippen molar-refractivity contribution in [2.75, 3.05) is 6.61 Å². The molecule has 1 aliphatic heterocycles. The average Bonchev–Trinajstić information content (AvgIpc) is 2.84. The second kappa shape index (κ2) is 6.90. The van der Waals surface area contributed by atoms with Crippen LogP contribution in [0.3, 0.4) is 0 Å². The Balaban J connectivity index is 2.19. The van der Waals surface area contributed by atoms with E-state index in [1.165, 1.54) is 11.3 Å². The van der Waals surface area contributed by atoms with Crippen LogP contribution in [0.15, 0.2) is 28.6 Å². The van der Waals surface area contributed by atoms with Crippen LogP contribution in [0.4, 0.5) is 0 Å². The van der Waals surface area contributed by atoms with Gasteiger partial charge in [-0.25, -0.2) is 4.79 Å². The van der Waals surface area contributed by atoms with Crippen LogP contribution in [-0.2, 0) is 14.3 Å². The third-order valence-electron chi connectivity index (χ3n) is 4.22.